The van der Waals surface area contributed by atoms with Crippen molar-refractivity contribution >= 4 is 23.2 Å². The van der Waals surface area contributed by atoms with Crippen LogP contribution in [-0.4, -0.2) is 28.4 Å². The minimum Gasteiger partial charge on any atom is -0.489 e. The number of carboxylic acids is 1. The summed E-state index contributed by atoms with van der Waals surface area (Å²) in [4.78, 5) is 27.8. The van der Waals surface area contributed by atoms with E-state index in [1.165, 1.54) is 53.0 Å². The van der Waals surface area contributed by atoms with Crippen LogP contribution in [0, 0.1) is 0 Å². The predicted molar refractivity (Wildman–Crippen MR) is 176 cm³/mol. The van der Waals surface area contributed by atoms with Crippen molar-refractivity contribution in [3.63, 3.8) is 0 Å². The van der Waals surface area contributed by atoms with Gasteiger partial charge in [-0.05, 0) is 76.8 Å². The molecule has 0 unspecified atom stereocenters. The van der Waals surface area contributed by atoms with E-state index in [0.717, 1.165) is 27.3 Å². The van der Waals surface area contributed by atoms with E-state index in [4.69, 9.17) is 4.74 Å². The molecule has 43 heavy (non-hydrogen) atoms. The number of thiophene rings is 1. The van der Waals surface area contributed by atoms with Crippen LogP contribution in [0.4, 0.5) is 0 Å². The summed E-state index contributed by atoms with van der Waals surface area (Å²) in [5.41, 5.74) is 5.57. The van der Waals surface area contributed by atoms with Gasteiger partial charge in [0.15, 0.2) is 0 Å². The fraction of sp³-hybridized carbons (Fsp3) is 0.351. The Labute approximate surface area is 260 Å². The third-order valence-corrected chi connectivity index (χ3v) is 8.84. The molecule has 4 rings (SSSR count). The molecule has 0 aliphatic heterocycles. The summed E-state index contributed by atoms with van der Waals surface area (Å²) in [6.07, 6.45) is 4.82. The maximum absolute atomic E-state index is 13.4. The molecule has 1 amide bonds. The Hall–Kier alpha value is -3.90. The van der Waals surface area contributed by atoms with E-state index in [0.29, 0.717) is 23.3 Å². The Balaban J connectivity index is 1.37. The molecule has 1 N–H and O–H groups in total. The summed E-state index contributed by atoms with van der Waals surface area (Å²) in [5.74, 6) is 0.575. The first-order valence-electron chi connectivity index (χ1n) is 15.3. The average Bonchev–Trinajstić information content (AvgIpc) is 3.50. The molecule has 0 spiro atoms. The van der Waals surface area contributed by atoms with Gasteiger partial charge in [0, 0.05) is 11.4 Å². The summed E-state index contributed by atoms with van der Waals surface area (Å²) in [6.45, 7) is 9.10. The Morgan fingerprint density at radius 1 is 0.791 bits per heavy atom. The first kappa shape index (κ1) is 32.0. The van der Waals surface area contributed by atoms with Crippen molar-refractivity contribution < 1.29 is 19.4 Å². The second-order valence-corrected chi connectivity index (χ2v) is 12.5. The lowest BCUT2D eigenvalue weighted by molar-refractivity contribution is -0.137. The standard InChI is InChI=1S/C37H43NO4S/c1-5-7-30(8-6-2)31-17-19-33(20-18-31)42-25-28-11-15-32(16-12-28)34-21-22-35(43-34)37(41)38(24-36(39)40)23-27-9-13-29(14-10-27)26(3)4/h9-22,26,30H,5-8,23-25H2,1-4H3,(H,39,40). The fourth-order valence-electron chi connectivity index (χ4n) is 5.30. The predicted octanol–water partition coefficient (Wildman–Crippen LogP) is 9.53. The fourth-order valence-corrected chi connectivity index (χ4v) is 6.28. The third-order valence-electron chi connectivity index (χ3n) is 7.72. The smallest absolute Gasteiger partial charge is 0.323 e. The van der Waals surface area contributed by atoms with E-state index in [1.807, 2.05) is 54.6 Å². The van der Waals surface area contributed by atoms with Gasteiger partial charge >= 0.3 is 5.97 Å². The van der Waals surface area contributed by atoms with Crippen LogP contribution in [-0.2, 0) is 17.9 Å². The molecule has 0 atom stereocenters. The molecule has 0 aliphatic carbocycles. The van der Waals surface area contributed by atoms with E-state index in [9.17, 15) is 14.7 Å². The molecule has 226 valence electrons. The average molecular weight is 598 g/mol. The highest BCUT2D eigenvalue weighted by Gasteiger charge is 2.21. The van der Waals surface area contributed by atoms with Crippen LogP contribution < -0.4 is 4.74 Å². The minimum atomic E-state index is -1.03. The molecule has 1 aromatic heterocycles. The van der Waals surface area contributed by atoms with Crippen LogP contribution in [0.2, 0.25) is 0 Å². The molecular weight excluding hydrogens is 554 g/mol. The van der Waals surface area contributed by atoms with Gasteiger partial charge < -0.3 is 14.7 Å². The summed E-state index contributed by atoms with van der Waals surface area (Å²) >= 11 is 1.38. The number of ether oxygens (including phenoxy) is 1. The topological polar surface area (TPSA) is 66.8 Å². The monoisotopic (exact) mass is 597 g/mol. The Morgan fingerprint density at radius 2 is 1.40 bits per heavy atom. The molecule has 0 fully saturated rings. The van der Waals surface area contributed by atoms with Crippen molar-refractivity contribution in [2.24, 2.45) is 0 Å². The molecule has 1 heterocycles. The zero-order valence-corrected chi connectivity index (χ0v) is 26.5. The number of hydrogen-bond acceptors (Lipinski definition) is 4. The number of rotatable bonds is 15. The number of aliphatic carboxylic acids is 1. The lowest BCUT2D eigenvalue weighted by Crippen LogP contribution is -2.34. The summed E-state index contributed by atoms with van der Waals surface area (Å²) in [6, 6.07) is 28.4. The van der Waals surface area contributed by atoms with Crippen LogP contribution in [0.15, 0.2) is 84.9 Å². The first-order valence-corrected chi connectivity index (χ1v) is 16.1. The van der Waals surface area contributed by atoms with Crippen LogP contribution in [0.5, 0.6) is 5.75 Å². The second kappa shape index (κ2) is 15.5. The molecular formula is C37H43NO4S. The van der Waals surface area contributed by atoms with Gasteiger partial charge in [0.05, 0.1) is 4.88 Å². The quantitative estimate of drug-likeness (QED) is 0.148. The maximum atomic E-state index is 13.4. The van der Waals surface area contributed by atoms with E-state index < -0.39 is 5.97 Å². The number of carboxylic acid groups (broad SMARTS) is 1. The second-order valence-electron chi connectivity index (χ2n) is 11.4. The Bertz CT molecular complexity index is 1450. The van der Waals surface area contributed by atoms with Gasteiger partial charge in [-0.1, -0.05) is 101 Å². The van der Waals surface area contributed by atoms with Crippen molar-refractivity contribution in [2.75, 3.05) is 6.54 Å². The number of hydrogen-bond donors (Lipinski definition) is 1. The van der Waals surface area contributed by atoms with Crippen molar-refractivity contribution in [2.45, 2.75) is 78.4 Å². The largest absolute Gasteiger partial charge is 0.489 e. The third kappa shape index (κ3) is 9.04. The molecule has 6 heteroatoms. The van der Waals surface area contributed by atoms with Crippen molar-refractivity contribution in [3.8, 4) is 16.2 Å². The van der Waals surface area contributed by atoms with E-state index >= 15 is 0 Å². The SMILES string of the molecule is CCCC(CCC)c1ccc(OCc2ccc(-c3ccc(C(=O)N(CC(=O)O)Cc4ccc(C(C)C)cc4)s3)cc2)cc1. The normalized spacial score (nSPS) is 11.2. The summed E-state index contributed by atoms with van der Waals surface area (Å²) in [7, 11) is 0. The van der Waals surface area contributed by atoms with Gasteiger partial charge in [0.2, 0.25) is 0 Å². The Kier molecular flexibility index (Phi) is 11.6. The van der Waals surface area contributed by atoms with E-state index in [2.05, 4.69) is 52.0 Å². The van der Waals surface area contributed by atoms with Crippen molar-refractivity contribution in [1.82, 2.24) is 4.90 Å². The summed E-state index contributed by atoms with van der Waals surface area (Å²) in [5, 5.41) is 9.47. The van der Waals surface area contributed by atoms with Crippen LogP contribution >= 0.6 is 11.3 Å². The molecule has 3 aromatic carbocycles. The molecule has 0 radical (unpaired) electrons. The molecule has 0 bridgehead atoms. The number of amides is 1. The highest BCUT2D eigenvalue weighted by atomic mass is 32.1. The van der Waals surface area contributed by atoms with E-state index in [1.54, 1.807) is 6.07 Å². The molecule has 5 nitrogen and oxygen atoms in total. The lowest BCUT2D eigenvalue weighted by Gasteiger charge is -2.20. The maximum Gasteiger partial charge on any atom is 0.323 e. The zero-order chi connectivity index (χ0) is 30.8. The number of nitrogens with zero attached hydrogens (tertiary/aromatic N) is 1. The highest BCUT2D eigenvalue weighted by Crippen LogP contribution is 2.31. The van der Waals surface area contributed by atoms with Gasteiger partial charge in [0.25, 0.3) is 5.91 Å². The van der Waals surface area contributed by atoms with Gasteiger partial charge in [-0.3, -0.25) is 9.59 Å². The van der Waals surface area contributed by atoms with Gasteiger partial charge in [-0.15, -0.1) is 11.3 Å². The van der Waals surface area contributed by atoms with E-state index in [-0.39, 0.29) is 19.0 Å². The van der Waals surface area contributed by atoms with Gasteiger partial charge in [0.1, 0.15) is 18.9 Å². The zero-order valence-electron chi connectivity index (χ0n) is 25.7. The highest BCUT2D eigenvalue weighted by molar-refractivity contribution is 7.17. The number of benzene rings is 3. The summed E-state index contributed by atoms with van der Waals surface area (Å²) < 4.78 is 6.06. The molecule has 0 aliphatic rings. The van der Waals surface area contributed by atoms with Crippen LogP contribution in [0.1, 0.15) is 97.1 Å². The lowest BCUT2D eigenvalue weighted by atomic mass is 9.90. The molecule has 0 saturated carbocycles. The Morgan fingerprint density at radius 3 is 1.98 bits per heavy atom. The minimum absolute atomic E-state index is 0.242. The number of carbonyl (C=O) groups is 2. The molecule has 4 aromatic rings. The number of carbonyl (C=O) groups excluding carboxylic acids is 1. The van der Waals surface area contributed by atoms with Gasteiger partial charge in [-0.2, -0.15) is 0 Å². The van der Waals surface area contributed by atoms with Crippen molar-refractivity contribution in [3.05, 3.63) is 112 Å². The van der Waals surface area contributed by atoms with Gasteiger partial charge in [-0.25, -0.2) is 0 Å². The van der Waals surface area contributed by atoms with Crippen molar-refractivity contribution in [1.29, 1.82) is 0 Å². The first-order chi connectivity index (χ1) is 20.8. The molecule has 0 saturated heterocycles. The van der Waals surface area contributed by atoms with Crippen LogP contribution in [0.3, 0.4) is 0 Å². The van der Waals surface area contributed by atoms with Crippen LogP contribution in [0.25, 0.3) is 10.4 Å².